The smallest absolute Gasteiger partial charge is 0.252 e. The van der Waals surface area contributed by atoms with E-state index in [1.807, 2.05) is 17.6 Å². The van der Waals surface area contributed by atoms with Gasteiger partial charge in [-0.2, -0.15) is 5.10 Å². The number of fused-ring (bicyclic) bond motifs is 1. The van der Waals surface area contributed by atoms with Crippen LogP contribution in [0, 0.1) is 24.0 Å². The molecule has 8 heteroatoms. The molecular formula is C23H19F2N5O. The van der Waals surface area contributed by atoms with Crippen LogP contribution in [0.25, 0.3) is 16.7 Å². The number of terminal acetylenes is 1. The van der Waals surface area contributed by atoms with Gasteiger partial charge in [-0.1, -0.05) is 5.92 Å². The summed E-state index contributed by atoms with van der Waals surface area (Å²) in [4.78, 5) is 16.9. The lowest BCUT2D eigenvalue weighted by atomic mass is 10.2. The molecule has 0 bridgehead atoms. The van der Waals surface area contributed by atoms with Gasteiger partial charge in [0.1, 0.15) is 23.1 Å². The molecule has 0 aliphatic heterocycles. The average Bonchev–Trinajstić information content (AvgIpc) is 3.37. The predicted octanol–water partition coefficient (Wildman–Crippen LogP) is 3.47. The summed E-state index contributed by atoms with van der Waals surface area (Å²) in [5.41, 5.74) is 2.68. The van der Waals surface area contributed by atoms with Crippen molar-refractivity contribution in [3.63, 3.8) is 0 Å². The van der Waals surface area contributed by atoms with E-state index in [1.54, 1.807) is 18.2 Å². The monoisotopic (exact) mass is 419 g/mol. The standard InChI is InChI=1S/C23H19F2N5O/c1-3-10-26-23(31)15-5-8-20-19(12-15)28-22(29(20)4-2)14-17-9-11-27-30(17)21-13-16(24)6-7-18(21)25/h1,5-9,11-13H,4,10,14H2,2H3,(H,26,31). The van der Waals surface area contributed by atoms with E-state index in [2.05, 4.69) is 16.3 Å². The Hall–Kier alpha value is -3.99. The highest BCUT2D eigenvalue weighted by Crippen LogP contribution is 2.22. The highest BCUT2D eigenvalue weighted by molar-refractivity contribution is 5.97. The molecule has 0 aliphatic rings. The molecule has 0 saturated heterocycles. The van der Waals surface area contributed by atoms with Crippen molar-refractivity contribution in [2.45, 2.75) is 19.9 Å². The van der Waals surface area contributed by atoms with Crippen LogP contribution in [0.4, 0.5) is 8.78 Å². The number of halogens is 2. The fourth-order valence-corrected chi connectivity index (χ4v) is 3.53. The molecule has 6 nitrogen and oxygen atoms in total. The Morgan fingerprint density at radius 1 is 1.19 bits per heavy atom. The summed E-state index contributed by atoms with van der Waals surface area (Å²) in [6, 6.07) is 10.3. The molecule has 2 aromatic heterocycles. The molecule has 0 aliphatic carbocycles. The van der Waals surface area contributed by atoms with Crippen LogP contribution in [0.15, 0.2) is 48.7 Å². The maximum Gasteiger partial charge on any atom is 0.252 e. The largest absolute Gasteiger partial charge is 0.341 e. The first-order valence-corrected chi connectivity index (χ1v) is 9.71. The molecule has 4 aromatic rings. The molecule has 1 N–H and O–H groups in total. The molecule has 0 unspecified atom stereocenters. The maximum absolute atomic E-state index is 14.3. The molecule has 2 heterocycles. The second-order valence-corrected chi connectivity index (χ2v) is 6.87. The fraction of sp³-hybridized carbons (Fsp3) is 0.174. The first kappa shape index (κ1) is 20.3. The molecule has 0 saturated carbocycles. The molecule has 0 fully saturated rings. The zero-order valence-corrected chi connectivity index (χ0v) is 16.8. The van der Waals surface area contributed by atoms with Crippen molar-refractivity contribution in [3.05, 3.63) is 77.4 Å². The normalized spacial score (nSPS) is 10.9. The van der Waals surface area contributed by atoms with Gasteiger partial charge in [-0.15, -0.1) is 6.42 Å². The summed E-state index contributed by atoms with van der Waals surface area (Å²) >= 11 is 0. The van der Waals surface area contributed by atoms with Crippen LogP contribution in [-0.2, 0) is 13.0 Å². The second-order valence-electron chi connectivity index (χ2n) is 6.87. The van der Waals surface area contributed by atoms with Crippen molar-refractivity contribution in [1.82, 2.24) is 24.6 Å². The predicted molar refractivity (Wildman–Crippen MR) is 113 cm³/mol. The highest BCUT2D eigenvalue weighted by atomic mass is 19.1. The van der Waals surface area contributed by atoms with E-state index >= 15 is 0 Å². The van der Waals surface area contributed by atoms with Gasteiger partial charge in [-0.25, -0.2) is 18.4 Å². The van der Waals surface area contributed by atoms with E-state index < -0.39 is 11.6 Å². The molecule has 0 atom stereocenters. The number of nitrogens with zero attached hydrogens (tertiary/aromatic N) is 4. The van der Waals surface area contributed by atoms with Crippen LogP contribution in [0.5, 0.6) is 0 Å². The number of benzene rings is 2. The van der Waals surface area contributed by atoms with Gasteiger partial charge >= 0.3 is 0 Å². The highest BCUT2D eigenvalue weighted by Gasteiger charge is 2.17. The first-order chi connectivity index (χ1) is 15.0. The van der Waals surface area contributed by atoms with Crippen LogP contribution >= 0.6 is 0 Å². The molecule has 1 amide bonds. The number of aromatic nitrogens is 4. The van der Waals surface area contributed by atoms with E-state index in [1.165, 1.54) is 10.9 Å². The summed E-state index contributed by atoms with van der Waals surface area (Å²) in [7, 11) is 0. The summed E-state index contributed by atoms with van der Waals surface area (Å²) in [6.07, 6.45) is 7.07. The molecule has 156 valence electrons. The summed E-state index contributed by atoms with van der Waals surface area (Å²) in [5, 5.41) is 6.80. The minimum atomic E-state index is -0.571. The third kappa shape index (κ3) is 3.90. The van der Waals surface area contributed by atoms with Crippen molar-refractivity contribution >= 4 is 16.9 Å². The van der Waals surface area contributed by atoms with E-state index in [-0.39, 0.29) is 18.1 Å². The van der Waals surface area contributed by atoms with Crippen molar-refractivity contribution in [2.24, 2.45) is 0 Å². The quantitative estimate of drug-likeness (QED) is 0.487. The summed E-state index contributed by atoms with van der Waals surface area (Å²) in [5.74, 6) is 1.70. The third-order valence-corrected chi connectivity index (χ3v) is 4.95. The van der Waals surface area contributed by atoms with Gasteiger partial charge in [0, 0.05) is 30.8 Å². The Bertz CT molecular complexity index is 1320. The van der Waals surface area contributed by atoms with Gasteiger partial charge in [0.15, 0.2) is 0 Å². The van der Waals surface area contributed by atoms with Crippen LogP contribution < -0.4 is 5.32 Å². The SMILES string of the molecule is C#CCNC(=O)c1ccc2c(c1)nc(Cc1ccnn1-c1cc(F)ccc1F)n2CC. The number of rotatable bonds is 6. The van der Waals surface area contributed by atoms with Gasteiger partial charge in [0.25, 0.3) is 5.91 Å². The van der Waals surface area contributed by atoms with Gasteiger partial charge in [-0.05, 0) is 43.3 Å². The lowest BCUT2D eigenvalue weighted by molar-refractivity contribution is 0.0959. The van der Waals surface area contributed by atoms with Crippen LogP contribution in [-0.4, -0.2) is 31.8 Å². The van der Waals surface area contributed by atoms with Crippen LogP contribution in [0.1, 0.15) is 28.8 Å². The van der Waals surface area contributed by atoms with Crippen molar-refractivity contribution in [2.75, 3.05) is 6.54 Å². The van der Waals surface area contributed by atoms with Gasteiger partial charge in [0.05, 0.1) is 23.3 Å². The van der Waals surface area contributed by atoms with Crippen molar-refractivity contribution in [1.29, 1.82) is 0 Å². The lowest BCUT2D eigenvalue weighted by Crippen LogP contribution is -2.23. The Morgan fingerprint density at radius 3 is 2.81 bits per heavy atom. The Labute approximate surface area is 177 Å². The Balaban J connectivity index is 1.71. The third-order valence-electron chi connectivity index (χ3n) is 4.95. The number of hydrogen-bond acceptors (Lipinski definition) is 3. The number of hydrogen-bond donors (Lipinski definition) is 1. The minimum Gasteiger partial charge on any atom is -0.341 e. The van der Waals surface area contributed by atoms with Crippen LogP contribution in [0.3, 0.4) is 0 Å². The van der Waals surface area contributed by atoms with E-state index in [4.69, 9.17) is 11.4 Å². The molecule has 31 heavy (non-hydrogen) atoms. The Morgan fingerprint density at radius 2 is 2.03 bits per heavy atom. The second kappa shape index (κ2) is 8.40. The van der Waals surface area contributed by atoms with E-state index in [0.717, 1.165) is 29.5 Å². The first-order valence-electron chi connectivity index (χ1n) is 9.71. The number of amides is 1. The number of nitrogens with one attached hydrogen (secondary N) is 1. The fourth-order valence-electron chi connectivity index (χ4n) is 3.53. The topological polar surface area (TPSA) is 64.7 Å². The van der Waals surface area contributed by atoms with E-state index in [9.17, 15) is 13.6 Å². The minimum absolute atomic E-state index is 0.0339. The zero-order valence-electron chi connectivity index (χ0n) is 16.8. The van der Waals surface area contributed by atoms with Crippen molar-refractivity contribution < 1.29 is 13.6 Å². The van der Waals surface area contributed by atoms with Gasteiger partial charge < -0.3 is 9.88 Å². The zero-order chi connectivity index (χ0) is 22.0. The van der Waals surface area contributed by atoms with Crippen molar-refractivity contribution in [3.8, 4) is 18.0 Å². The van der Waals surface area contributed by atoms with E-state index in [0.29, 0.717) is 29.7 Å². The Kier molecular flexibility index (Phi) is 5.50. The number of carbonyl (C=O) groups excluding carboxylic acids is 1. The summed E-state index contributed by atoms with van der Waals surface area (Å²) < 4.78 is 31.3. The molecule has 0 spiro atoms. The van der Waals surface area contributed by atoms with Crippen LogP contribution in [0.2, 0.25) is 0 Å². The molecule has 0 radical (unpaired) electrons. The van der Waals surface area contributed by atoms with Gasteiger partial charge in [-0.3, -0.25) is 4.79 Å². The average molecular weight is 419 g/mol. The molecular weight excluding hydrogens is 400 g/mol. The number of aryl methyl sites for hydroxylation is 1. The summed E-state index contributed by atoms with van der Waals surface area (Å²) in [6.45, 7) is 2.78. The maximum atomic E-state index is 14.3. The number of imidazole rings is 1. The molecule has 4 rings (SSSR count). The lowest BCUT2D eigenvalue weighted by Gasteiger charge is -2.10. The van der Waals surface area contributed by atoms with Gasteiger partial charge in [0.2, 0.25) is 0 Å². The number of carbonyl (C=O) groups is 1. The molecule has 2 aromatic carbocycles.